The number of ether oxygens (including phenoxy) is 3. The summed E-state index contributed by atoms with van der Waals surface area (Å²) in [6.45, 7) is 1.74. The highest BCUT2D eigenvalue weighted by Crippen LogP contribution is 2.38. The summed E-state index contributed by atoms with van der Waals surface area (Å²) < 4.78 is 21.5. The first-order chi connectivity index (χ1) is 23.8. The molecule has 0 saturated heterocycles. The first-order valence-corrected chi connectivity index (χ1v) is 15.9. The molecule has 1 aromatic heterocycles. The van der Waals surface area contributed by atoms with Gasteiger partial charge in [0.1, 0.15) is 22.5 Å². The van der Waals surface area contributed by atoms with Crippen LogP contribution in [-0.4, -0.2) is 44.2 Å². The van der Waals surface area contributed by atoms with E-state index in [2.05, 4.69) is 21.1 Å². The van der Waals surface area contributed by atoms with Gasteiger partial charge < -0.3 is 34.7 Å². The van der Waals surface area contributed by atoms with Gasteiger partial charge in [0.05, 0.1) is 21.3 Å². The molecule has 0 radical (unpaired) electrons. The molecule has 5 rings (SSSR count). The molecule has 49 heavy (non-hydrogen) atoms. The van der Waals surface area contributed by atoms with Gasteiger partial charge in [-0.2, -0.15) is 0 Å². The van der Waals surface area contributed by atoms with Gasteiger partial charge in [0, 0.05) is 33.8 Å². The van der Waals surface area contributed by atoms with E-state index in [1.807, 2.05) is 36.4 Å². The third-order valence-corrected chi connectivity index (χ3v) is 8.38. The van der Waals surface area contributed by atoms with E-state index in [0.29, 0.717) is 50.5 Å². The average molecular weight is 679 g/mol. The van der Waals surface area contributed by atoms with Gasteiger partial charge in [-0.15, -0.1) is 11.8 Å². The quantitative estimate of drug-likeness (QED) is 0.0897. The maximum Gasteiger partial charge on any atom is 0.272 e. The van der Waals surface area contributed by atoms with E-state index < -0.39 is 17.1 Å². The monoisotopic (exact) mass is 678 g/mol. The van der Waals surface area contributed by atoms with E-state index in [1.165, 1.54) is 39.2 Å². The van der Waals surface area contributed by atoms with Crippen molar-refractivity contribution in [2.45, 2.75) is 17.1 Å². The second-order valence-corrected chi connectivity index (χ2v) is 11.7. The lowest BCUT2D eigenvalue weighted by Gasteiger charge is -2.17. The number of amides is 3. The van der Waals surface area contributed by atoms with Crippen molar-refractivity contribution in [2.24, 2.45) is 0 Å². The summed E-state index contributed by atoms with van der Waals surface area (Å²) in [5.41, 5.74) is 1.99. The fourth-order valence-corrected chi connectivity index (χ4v) is 5.85. The summed E-state index contributed by atoms with van der Waals surface area (Å²) >= 11 is 1.30. The van der Waals surface area contributed by atoms with Crippen LogP contribution in [0.3, 0.4) is 0 Å². The van der Waals surface area contributed by atoms with Gasteiger partial charge in [-0.1, -0.05) is 59.8 Å². The lowest BCUT2D eigenvalue weighted by molar-refractivity contribution is -0.116. The Balaban J connectivity index is 1.43. The fourth-order valence-electron chi connectivity index (χ4n) is 4.76. The van der Waals surface area contributed by atoms with Gasteiger partial charge in [0.25, 0.3) is 11.8 Å². The number of aryl methyl sites for hydroxylation is 1. The van der Waals surface area contributed by atoms with Crippen LogP contribution >= 0.6 is 11.8 Å². The molecule has 1 unspecified atom stereocenters. The molecule has 11 nitrogen and oxygen atoms in total. The third-order valence-electron chi connectivity index (χ3n) is 7.13. The van der Waals surface area contributed by atoms with Crippen molar-refractivity contribution in [2.75, 3.05) is 32.0 Å². The smallest absolute Gasteiger partial charge is 0.272 e. The van der Waals surface area contributed by atoms with E-state index in [-0.39, 0.29) is 11.6 Å². The van der Waals surface area contributed by atoms with Crippen molar-refractivity contribution in [1.29, 1.82) is 0 Å². The minimum absolute atomic E-state index is 0.0538. The second-order valence-electron chi connectivity index (χ2n) is 10.5. The third kappa shape index (κ3) is 8.87. The van der Waals surface area contributed by atoms with Crippen LogP contribution in [-0.2, 0) is 9.59 Å². The Labute approximate surface area is 287 Å². The minimum Gasteiger partial charge on any atom is -0.496 e. The number of benzene rings is 4. The number of nitrogens with one attached hydrogen (secondary N) is 3. The molecule has 3 amide bonds. The molecule has 0 aliphatic rings. The van der Waals surface area contributed by atoms with Crippen LogP contribution in [0.15, 0.2) is 118 Å². The van der Waals surface area contributed by atoms with Gasteiger partial charge in [-0.25, -0.2) is 0 Å². The molecule has 1 atom stereocenters. The highest BCUT2D eigenvalue weighted by Gasteiger charge is 2.24. The van der Waals surface area contributed by atoms with Gasteiger partial charge in [0.15, 0.2) is 17.3 Å². The van der Waals surface area contributed by atoms with Crippen LogP contribution in [0.1, 0.15) is 32.5 Å². The van der Waals surface area contributed by atoms with Crippen molar-refractivity contribution in [3.8, 4) is 17.2 Å². The molecule has 0 fully saturated rings. The first-order valence-electron chi connectivity index (χ1n) is 15.0. The Bertz CT molecular complexity index is 1960. The molecule has 5 aromatic rings. The second kappa shape index (κ2) is 16.2. The summed E-state index contributed by atoms with van der Waals surface area (Å²) in [6.07, 6.45) is 1.50. The lowest BCUT2D eigenvalue weighted by Crippen LogP contribution is -2.30. The summed E-state index contributed by atoms with van der Waals surface area (Å²) in [5.74, 6) is 0.742. The summed E-state index contributed by atoms with van der Waals surface area (Å²) in [5, 5.41) is 11.7. The zero-order valence-corrected chi connectivity index (χ0v) is 28.0. The van der Waals surface area contributed by atoms with Gasteiger partial charge in [-0.3, -0.25) is 14.4 Å². The number of aromatic nitrogens is 1. The van der Waals surface area contributed by atoms with Crippen molar-refractivity contribution in [1.82, 2.24) is 10.5 Å². The number of thioether (sulfide) groups is 1. The lowest BCUT2D eigenvalue weighted by atomic mass is 10.1. The van der Waals surface area contributed by atoms with E-state index in [9.17, 15) is 14.4 Å². The van der Waals surface area contributed by atoms with Crippen molar-refractivity contribution < 1.29 is 33.1 Å². The first kappa shape index (κ1) is 34.3. The number of hydrogen-bond acceptors (Lipinski definition) is 9. The van der Waals surface area contributed by atoms with E-state index >= 15 is 0 Å². The van der Waals surface area contributed by atoms with Crippen LogP contribution < -0.4 is 30.2 Å². The predicted octanol–water partition coefficient (Wildman–Crippen LogP) is 6.89. The van der Waals surface area contributed by atoms with Crippen LogP contribution in [0, 0.1) is 6.92 Å². The van der Waals surface area contributed by atoms with Gasteiger partial charge >= 0.3 is 0 Å². The topological polar surface area (TPSA) is 141 Å². The molecule has 250 valence electrons. The van der Waals surface area contributed by atoms with Crippen LogP contribution in [0.4, 0.5) is 11.5 Å². The Hall–Kier alpha value is -6.01. The van der Waals surface area contributed by atoms with Crippen LogP contribution in [0.2, 0.25) is 0 Å². The number of methoxy groups -OCH3 is 3. The minimum atomic E-state index is -0.651. The zero-order chi connectivity index (χ0) is 34.8. The fraction of sp³-hybridized carbons (Fsp3) is 0.135. The van der Waals surface area contributed by atoms with Crippen molar-refractivity contribution in [3.63, 3.8) is 0 Å². The predicted molar refractivity (Wildman–Crippen MR) is 188 cm³/mol. The standard InChI is InChI=1S/C37H34N4O7S/c1-23-18-33(41-48-23)40-37(44)34(24-12-7-5-8-13-24)49-28-17-11-16-27(21-28)38-36(43)29(39-35(42)25-14-9-6-10-15-25)19-26-20-31(46-3)32(47-4)22-30(26)45-2/h5-22,34H,1-4H3,(H,38,43)(H,39,42)(H,40,41,44)/b29-19+. The number of rotatable bonds is 13. The molecule has 12 heteroatoms. The summed E-state index contributed by atoms with van der Waals surface area (Å²) in [6, 6.07) is 29.9. The summed E-state index contributed by atoms with van der Waals surface area (Å²) in [4.78, 5) is 41.2. The van der Waals surface area contributed by atoms with Crippen LogP contribution in [0.5, 0.6) is 17.2 Å². The molecular weight excluding hydrogens is 644 g/mol. The normalized spacial score (nSPS) is 11.6. The van der Waals surface area contributed by atoms with Gasteiger partial charge in [0.2, 0.25) is 5.91 Å². The van der Waals surface area contributed by atoms with Crippen LogP contribution in [0.25, 0.3) is 6.08 Å². The molecule has 0 aliphatic heterocycles. The zero-order valence-electron chi connectivity index (χ0n) is 27.2. The Morgan fingerprint density at radius 3 is 2.10 bits per heavy atom. The average Bonchev–Trinajstić information content (AvgIpc) is 3.54. The Kier molecular flexibility index (Phi) is 11.4. The van der Waals surface area contributed by atoms with Crippen molar-refractivity contribution in [3.05, 3.63) is 131 Å². The molecule has 4 aromatic carbocycles. The molecule has 1 heterocycles. The maximum atomic E-state index is 13.9. The maximum absolute atomic E-state index is 13.9. The number of carbonyl (C=O) groups excluding carboxylic acids is 3. The van der Waals surface area contributed by atoms with E-state index in [1.54, 1.807) is 73.7 Å². The molecule has 3 N–H and O–H groups in total. The summed E-state index contributed by atoms with van der Waals surface area (Å²) in [7, 11) is 4.48. The number of anilines is 2. The van der Waals surface area contributed by atoms with E-state index in [4.69, 9.17) is 18.7 Å². The molecule has 0 bridgehead atoms. The molecule has 0 saturated carbocycles. The Morgan fingerprint density at radius 1 is 0.776 bits per heavy atom. The van der Waals surface area contributed by atoms with Crippen molar-refractivity contribution >= 4 is 47.1 Å². The number of nitrogens with zero attached hydrogens (tertiary/aromatic N) is 1. The Morgan fingerprint density at radius 2 is 1.45 bits per heavy atom. The molecule has 0 spiro atoms. The molecule has 0 aliphatic carbocycles. The number of carbonyl (C=O) groups is 3. The highest BCUT2D eigenvalue weighted by atomic mass is 32.2. The van der Waals surface area contributed by atoms with Gasteiger partial charge in [-0.05, 0) is 55.0 Å². The highest BCUT2D eigenvalue weighted by molar-refractivity contribution is 8.00. The molecular formula is C37H34N4O7S. The SMILES string of the molecule is COc1cc(OC)c(OC)cc1/C=C(/NC(=O)c1ccccc1)C(=O)Nc1cccc(SC(C(=O)Nc2cc(C)on2)c2ccccc2)c1. The largest absolute Gasteiger partial charge is 0.496 e. The number of hydrogen-bond donors (Lipinski definition) is 3. The van der Waals surface area contributed by atoms with E-state index in [0.717, 1.165) is 5.56 Å².